The summed E-state index contributed by atoms with van der Waals surface area (Å²) in [5.41, 5.74) is 4.47. The number of aromatic nitrogens is 2. The quantitative estimate of drug-likeness (QED) is 0.529. The highest BCUT2D eigenvalue weighted by Gasteiger charge is 2.10. The Bertz CT molecular complexity index is 1220. The fourth-order valence-electron chi connectivity index (χ4n) is 2.89. The maximum absolute atomic E-state index is 11.5. The Morgan fingerprint density at radius 2 is 1.83 bits per heavy atom. The highest BCUT2D eigenvalue weighted by molar-refractivity contribution is 7.89. The van der Waals surface area contributed by atoms with Crippen LogP contribution in [-0.2, 0) is 16.4 Å². The van der Waals surface area contributed by atoms with E-state index in [1.807, 2.05) is 32.0 Å². The Morgan fingerprint density at radius 3 is 2.53 bits per heavy atom. The molecule has 0 aliphatic heterocycles. The number of rotatable bonds is 7. The highest BCUT2D eigenvalue weighted by Crippen LogP contribution is 2.24. The molecule has 0 aliphatic rings. The minimum Gasteiger partial charge on any atom is -0.340 e. The number of nitriles is 1. The second-order valence-corrected chi connectivity index (χ2v) is 8.41. The van der Waals surface area contributed by atoms with Crippen LogP contribution in [0.3, 0.4) is 0 Å². The van der Waals surface area contributed by atoms with Gasteiger partial charge in [-0.15, -0.1) is 0 Å². The molecule has 4 N–H and O–H groups in total. The predicted molar refractivity (Wildman–Crippen MR) is 116 cm³/mol. The monoisotopic (exact) mass is 422 g/mol. The van der Waals surface area contributed by atoms with Crippen LogP contribution in [0.25, 0.3) is 0 Å². The van der Waals surface area contributed by atoms with Gasteiger partial charge in [0, 0.05) is 29.6 Å². The number of nitrogens with two attached hydrogens (primary N) is 1. The Morgan fingerprint density at radius 1 is 1.07 bits per heavy atom. The van der Waals surface area contributed by atoms with Crippen LogP contribution in [0, 0.1) is 25.2 Å². The first-order valence-electron chi connectivity index (χ1n) is 9.23. The Balaban J connectivity index is 1.81. The molecule has 0 saturated carbocycles. The van der Waals surface area contributed by atoms with Crippen LogP contribution in [-0.4, -0.2) is 18.4 Å². The third-order valence-corrected chi connectivity index (χ3v) is 5.41. The number of primary sulfonamides is 1. The average molecular weight is 423 g/mol. The van der Waals surface area contributed by atoms with Crippen LogP contribution in [0.2, 0.25) is 0 Å². The minimum atomic E-state index is -3.80. The maximum atomic E-state index is 11.5. The molecule has 30 heavy (non-hydrogen) atoms. The van der Waals surface area contributed by atoms with Gasteiger partial charge in [-0.05, 0) is 61.7 Å². The van der Waals surface area contributed by atoms with Gasteiger partial charge in [-0.2, -0.15) is 10.2 Å². The standard InChI is InChI=1S/C21H22N6O2S/c1-14-11-18(9-8-16(14)5-4-10-22)25-20-15(2)13-24-21(27-20)26-17-6-3-7-19(12-17)30(23,28)29/h3,6-9,11-13H,4-5H2,1-2H3,(H2,23,28,29)(H2,24,25,26,27). The van der Waals surface area contributed by atoms with Crippen molar-refractivity contribution in [1.29, 1.82) is 5.26 Å². The van der Waals surface area contributed by atoms with Crippen molar-refractivity contribution in [2.24, 2.45) is 5.14 Å². The van der Waals surface area contributed by atoms with Crippen molar-refractivity contribution < 1.29 is 8.42 Å². The number of hydrogen-bond acceptors (Lipinski definition) is 7. The molecule has 3 rings (SSSR count). The fourth-order valence-corrected chi connectivity index (χ4v) is 3.45. The fraction of sp³-hybridized carbons (Fsp3) is 0.190. The molecule has 0 spiro atoms. The smallest absolute Gasteiger partial charge is 0.238 e. The summed E-state index contributed by atoms with van der Waals surface area (Å²) in [5, 5.41) is 20.2. The number of sulfonamides is 1. The van der Waals surface area contributed by atoms with Gasteiger partial charge in [0.25, 0.3) is 0 Å². The largest absolute Gasteiger partial charge is 0.340 e. The van der Waals surface area contributed by atoms with E-state index in [0.717, 1.165) is 28.8 Å². The van der Waals surface area contributed by atoms with E-state index in [0.29, 0.717) is 23.9 Å². The van der Waals surface area contributed by atoms with E-state index in [1.54, 1.807) is 18.3 Å². The molecule has 1 aromatic heterocycles. The van der Waals surface area contributed by atoms with Gasteiger partial charge in [0.2, 0.25) is 16.0 Å². The van der Waals surface area contributed by atoms with Gasteiger partial charge in [-0.3, -0.25) is 0 Å². The van der Waals surface area contributed by atoms with E-state index < -0.39 is 10.0 Å². The van der Waals surface area contributed by atoms with Crippen molar-refractivity contribution in [3.05, 3.63) is 65.4 Å². The molecule has 1 heterocycles. The zero-order valence-corrected chi connectivity index (χ0v) is 17.5. The summed E-state index contributed by atoms with van der Waals surface area (Å²) in [7, 11) is -3.80. The van der Waals surface area contributed by atoms with E-state index in [2.05, 4.69) is 26.7 Å². The van der Waals surface area contributed by atoms with E-state index in [4.69, 9.17) is 10.4 Å². The summed E-state index contributed by atoms with van der Waals surface area (Å²) in [6.45, 7) is 3.90. The summed E-state index contributed by atoms with van der Waals surface area (Å²) in [5.74, 6) is 0.941. The van der Waals surface area contributed by atoms with Crippen LogP contribution in [0.15, 0.2) is 53.6 Å². The molecule has 0 amide bonds. The van der Waals surface area contributed by atoms with Crippen LogP contribution in [0.4, 0.5) is 23.1 Å². The van der Waals surface area contributed by atoms with Gasteiger partial charge in [-0.25, -0.2) is 18.5 Å². The normalized spacial score (nSPS) is 11.0. The van der Waals surface area contributed by atoms with E-state index >= 15 is 0 Å². The molecule has 3 aromatic rings. The zero-order chi connectivity index (χ0) is 21.7. The van der Waals surface area contributed by atoms with Crippen LogP contribution in [0.5, 0.6) is 0 Å². The zero-order valence-electron chi connectivity index (χ0n) is 16.7. The number of nitrogens with zero attached hydrogens (tertiary/aromatic N) is 3. The molecule has 0 aliphatic carbocycles. The number of hydrogen-bond donors (Lipinski definition) is 3. The second-order valence-electron chi connectivity index (χ2n) is 6.85. The third-order valence-electron chi connectivity index (χ3n) is 4.50. The summed E-state index contributed by atoms with van der Waals surface area (Å²) in [4.78, 5) is 8.76. The molecule has 154 valence electrons. The molecule has 0 saturated heterocycles. The Hall–Kier alpha value is -3.48. The molecule has 0 unspecified atom stereocenters. The van der Waals surface area contributed by atoms with Crippen molar-refractivity contribution in [2.75, 3.05) is 10.6 Å². The lowest BCUT2D eigenvalue weighted by Gasteiger charge is -2.13. The summed E-state index contributed by atoms with van der Waals surface area (Å²) in [6, 6.07) is 14.3. The summed E-state index contributed by atoms with van der Waals surface area (Å²) >= 11 is 0. The molecule has 0 atom stereocenters. The van der Waals surface area contributed by atoms with E-state index in [-0.39, 0.29) is 4.90 Å². The molecule has 2 aromatic carbocycles. The van der Waals surface area contributed by atoms with Gasteiger partial charge < -0.3 is 10.6 Å². The van der Waals surface area contributed by atoms with Gasteiger partial charge in [0.1, 0.15) is 5.82 Å². The van der Waals surface area contributed by atoms with Crippen LogP contribution >= 0.6 is 0 Å². The molecule has 8 nitrogen and oxygen atoms in total. The Kier molecular flexibility index (Phi) is 6.30. The number of benzene rings is 2. The van der Waals surface area contributed by atoms with Gasteiger partial charge in [0.05, 0.1) is 11.0 Å². The van der Waals surface area contributed by atoms with Gasteiger partial charge >= 0.3 is 0 Å². The number of aryl methyl sites for hydroxylation is 3. The number of nitrogens with one attached hydrogen (secondary N) is 2. The van der Waals surface area contributed by atoms with Crippen molar-refractivity contribution in [3.63, 3.8) is 0 Å². The van der Waals surface area contributed by atoms with Crippen molar-refractivity contribution in [3.8, 4) is 6.07 Å². The molecular formula is C21H22N6O2S. The topological polar surface area (TPSA) is 134 Å². The van der Waals surface area contributed by atoms with E-state index in [9.17, 15) is 8.42 Å². The molecule has 9 heteroatoms. The third kappa shape index (κ3) is 5.31. The lowest BCUT2D eigenvalue weighted by Crippen LogP contribution is -2.12. The second kappa shape index (κ2) is 8.90. The van der Waals surface area contributed by atoms with Crippen LogP contribution in [0.1, 0.15) is 23.1 Å². The first-order valence-corrected chi connectivity index (χ1v) is 10.8. The van der Waals surface area contributed by atoms with Crippen molar-refractivity contribution >= 4 is 33.2 Å². The van der Waals surface area contributed by atoms with Gasteiger partial charge in [0.15, 0.2) is 0 Å². The molecule has 0 bridgehead atoms. The molecule has 0 radical (unpaired) electrons. The van der Waals surface area contributed by atoms with Crippen LogP contribution < -0.4 is 15.8 Å². The lowest BCUT2D eigenvalue weighted by atomic mass is 10.0. The minimum absolute atomic E-state index is 0.00456. The summed E-state index contributed by atoms with van der Waals surface area (Å²) in [6.07, 6.45) is 2.89. The Labute approximate surface area is 175 Å². The predicted octanol–water partition coefficient (Wildman–Crippen LogP) is 3.68. The van der Waals surface area contributed by atoms with Gasteiger partial charge in [-0.1, -0.05) is 12.1 Å². The molecular weight excluding hydrogens is 400 g/mol. The number of anilines is 4. The highest BCUT2D eigenvalue weighted by atomic mass is 32.2. The molecule has 0 fully saturated rings. The first-order chi connectivity index (χ1) is 14.3. The lowest BCUT2D eigenvalue weighted by molar-refractivity contribution is 0.598. The SMILES string of the molecule is Cc1cc(Nc2nc(Nc3cccc(S(N)(=O)=O)c3)ncc2C)ccc1CCC#N. The maximum Gasteiger partial charge on any atom is 0.238 e. The van der Waals surface area contributed by atoms with Crippen molar-refractivity contribution in [1.82, 2.24) is 9.97 Å². The average Bonchev–Trinajstić information content (AvgIpc) is 2.69. The summed E-state index contributed by atoms with van der Waals surface area (Å²) < 4.78 is 23.1. The first kappa shape index (κ1) is 21.2. The van der Waals surface area contributed by atoms with E-state index in [1.165, 1.54) is 12.1 Å². The van der Waals surface area contributed by atoms with Crippen molar-refractivity contribution in [2.45, 2.75) is 31.6 Å².